The van der Waals surface area contributed by atoms with Gasteiger partial charge >= 0.3 is 6.41 Å². The van der Waals surface area contributed by atoms with Crippen molar-refractivity contribution in [3.63, 3.8) is 0 Å². The maximum absolute atomic E-state index is 10.9. The average molecular weight is 207 g/mol. The van der Waals surface area contributed by atoms with E-state index < -0.39 is 5.17 Å². The average Bonchev–Trinajstić information content (AvgIpc) is 2.29. The third-order valence-electron chi connectivity index (χ3n) is 1.85. The van der Waals surface area contributed by atoms with E-state index in [0.717, 1.165) is 12.0 Å². The van der Waals surface area contributed by atoms with E-state index in [1.54, 1.807) is 24.5 Å². The summed E-state index contributed by atoms with van der Waals surface area (Å²) >= 11 is 0. The van der Waals surface area contributed by atoms with Crippen LogP contribution in [0.15, 0.2) is 29.6 Å². The second kappa shape index (κ2) is 6.00. The summed E-state index contributed by atoms with van der Waals surface area (Å²) in [5, 5.41) is 13.9. The minimum Gasteiger partial charge on any atom is -0.599 e. The topological polar surface area (TPSA) is 69.8 Å². The third kappa shape index (κ3) is 3.57. The highest BCUT2D eigenvalue weighted by Gasteiger charge is 2.04. The van der Waals surface area contributed by atoms with Crippen LogP contribution in [0.1, 0.15) is 25.3 Å². The zero-order chi connectivity index (χ0) is 11.1. The number of hydrogen-bond donors (Lipinski definition) is 1. The number of nitrogens with zero attached hydrogens (tertiary/aromatic N) is 2. The van der Waals surface area contributed by atoms with Crippen LogP contribution in [-0.2, 0) is 4.79 Å². The molecule has 0 aliphatic carbocycles. The lowest BCUT2D eigenvalue weighted by Gasteiger charge is -2.09. The highest BCUT2D eigenvalue weighted by molar-refractivity contribution is 6.00. The van der Waals surface area contributed by atoms with Crippen molar-refractivity contribution in [2.75, 3.05) is 0 Å². The van der Waals surface area contributed by atoms with Crippen molar-refractivity contribution in [2.45, 2.75) is 19.8 Å². The molecular weight excluding hydrogens is 194 g/mol. The molecule has 1 N–H and O–H groups in total. The van der Waals surface area contributed by atoms with Gasteiger partial charge in [-0.05, 0) is 18.6 Å². The molecule has 1 heterocycles. The molecule has 0 radical (unpaired) electrons. The Morgan fingerprint density at radius 3 is 2.80 bits per heavy atom. The number of nitrogens with one attached hydrogen (secondary N) is 1. The van der Waals surface area contributed by atoms with E-state index in [4.69, 9.17) is 0 Å². The largest absolute Gasteiger partial charge is 0.599 e. The summed E-state index contributed by atoms with van der Waals surface area (Å²) in [6, 6.07) is 3.54. The number of carbonyl (C=O) groups is 1. The van der Waals surface area contributed by atoms with Gasteiger partial charge in [-0.1, -0.05) is 18.4 Å². The van der Waals surface area contributed by atoms with Gasteiger partial charge in [0.15, 0.2) is 0 Å². The number of amides is 1. The van der Waals surface area contributed by atoms with Crippen LogP contribution >= 0.6 is 0 Å². The predicted octanol–water partition coefficient (Wildman–Crippen LogP) is 0.125. The first-order chi connectivity index (χ1) is 7.27. The van der Waals surface area contributed by atoms with Gasteiger partial charge in [-0.15, -0.1) is 0 Å². The van der Waals surface area contributed by atoms with Crippen LogP contribution in [-0.4, -0.2) is 17.1 Å². The zero-order valence-corrected chi connectivity index (χ0v) is 8.51. The Morgan fingerprint density at radius 1 is 1.60 bits per heavy atom. The van der Waals surface area contributed by atoms with Crippen molar-refractivity contribution in [1.29, 1.82) is 0 Å². The number of rotatable bonds is 5. The van der Waals surface area contributed by atoms with Gasteiger partial charge < -0.3 is 5.21 Å². The Hall–Kier alpha value is -1.59. The van der Waals surface area contributed by atoms with Crippen molar-refractivity contribution in [3.05, 3.63) is 35.3 Å². The standard InChI is InChI=1S/C10H13N3O2/c1-2-3-10(12-13(15)8-14)9-4-6-11-7-5-9/h4-8,13H,2-3H2,1H3. The maximum Gasteiger partial charge on any atom is 0.326 e. The summed E-state index contributed by atoms with van der Waals surface area (Å²) in [5.74, 6) is 0. The van der Waals surface area contributed by atoms with E-state index in [0.29, 0.717) is 12.1 Å². The second-order valence-corrected chi connectivity index (χ2v) is 3.00. The SMILES string of the molecule is CCCC(=N[NH+]([O-])C=O)c1ccncc1. The molecule has 1 unspecified atom stereocenters. The van der Waals surface area contributed by atoms with Crippen LogP contribution in [0.3, 0.4) is 0 Å². The van der Waals surface area contributed by atoms with Crippen molar-refractivity contribution in [3.8, 4) is 0 Å². The minimum atomic E-state index is -0.740. The Kier molecular flexibility index (Phi) is 4.59. The van der Waals surface area contributed by atoms with Gasteiger partial charge in [-0.25, -0.2) is 4.79 Å². The lowest BCUT2D eigenvalue weighted by molar-refractivity contribution is -0.761. The molecule has 5 nitrogen and oxygen atoms in total. The molecule has 80 valence electrons. The van der Waals surface area contributed by atoms with Crippen LogP contribution in [0, 0.1) is 5.21 Å². The molecule has 0 saturated carbocycles. The number of aromatic nitrogens is 1. The summed E-state index contributed by atoms with van der Waals surface area (Å²) in [7, 11) is 0. The van der Waals surface area contributed by atoms with Crippen LogP contribution in [0.5, 0.6) is 0 Å². The highest BCUT2D eigenvalue weighted by atomic mass is 16.5. The van der Waals surface area contributed by atoms with Gasteiger partial charge in [-0.2, -0.15) is 5.17 Å². The van der Waals surface area contributed by atoms with Crippen molar-refractivity contribution >= 4 is 12.1 Å². The number of hydrogen-bond acceptors (Lipinski definition) is 4. The quantitative estimate of drug-likeness (QED) is 0.423. The van der Waals surface area contributed by atoms with Gasteiger partial charge in [0, 0.05) is 18.0 Å². The molecule has 0 aliphatic rings. The molecule has 1 aromatic heterocycles. The first-order valence-electron chi connectivity index (χ1n) is 4.75. The first kappa shape index (κ1) is 11.5. The van der Waals surface area contributed by atoms with Gasteiger partial charge in [-0.3, -0.25) is 4.98 Å². The van der Waals surface area contributed by atoms with Gasteiger partial charge in [0.05, 0.1) is 0 Å². The van der Waals surface area contributed by atoms with Gasteiger partial charge in [0.1, 0.15) is 5.71 Å². The van der Waals surface area contributed by atoms with Gasteiger partial charge in [0.25, 0.3) is 0 Å². The molecule has 1 amide bonds. The molecule has 0 aliphatic heterocycles. The lowest BCUT2D eigenvalue weighted by atomic mass is 10.1. The molecule has 1 aromatic rings. The summed E-state index contributed by atoms with van der Waals surface area (Å²) in [4.78, 5) is 14.1. The summed E-state index contributed by atoms with van der Waals surface area (Å²) < 4.78 is 0. The molecule has 0 aromatic carbocycles. The van der Waals surface area contributed by atoms with E-state index in [1.807, 2.05) is 6.92 Å². The molecule has 1 atom stereocenters. The van der Waals surface area contributed by atoms with Crippen LogP contribution in [0.2, 0.25) is 0 Å². The van der Waals surface area contributed by atoms with Crippen molar-refractivity contribution in [2.24, 2.45) is 5.10 Å². The molecule has 0 saturated heterocycles. The minimum absolute atomic E-state index is 0.219. The molecule has 0 bridgehead atoms. The molecule has 5 heteroatoms. The number of carbonyl (C=O) groups excluding carboxylic acids is 1. The van der Waals surface area contributed by atoms with E-state index in [9.17, 15) is 10.0 Å². The predicted molar refractivity (Wildman–Crippen MR) is 56.1 cm³/mol. The summed E-state index contributed by atoms with van der Waals surface area (Å²) in [6.45, 7) is 1.99. The zero-order valence-electron chi connectivity index (χ0n) is 8.51. The molecule has 0 fully saturated rings. The molecule has 15 heavy (non-hydrogen) atoms. The van der Waals surface area contributed by atoms with E-state index in [2.05, 4.69) is 10.1 Å². The van der Waals surface area contributed by atoms with Crippen molar-refractivity contribution < 1.29 is 9.97 Å². The van der Waals surface area contributed by atoms with Gasteiger partial charge in [0.2, 0.25) is 0 Å². The lowest BCUT2D eigenvalue weighted by Crippen LogP contribution is -3.01. The highest BCUT2D eigenvalue weighted by Crippen LogP contribution is 2.03. The fraction of sp³-hybridized carbons (Fsp3) is 0.300. The van der Waals surface area contributed by atoms with E-state index in [-0.39, 0.29) is 6.41 Å². The fourth-order valence-electron chi connectivity index (χ4n) is 1.21. The molecular formula is C10H13N3O2. The van der Waals surface area contributed by atoms with E-state index in [1.165, 1.54) is 0 Å². The van der Waals surface area contributed by atoms with E-state index >= 15 is 0 Å². The van der Waals surface area contributed by atoms with Crippen LogP contribution in [0.4, 0.5) is 0 Å². The Labute approximate surface area is 88.0 Å². The number of pyridine rings is 1. The smallest absolute Gasteiger partial charge is 0.326 e. The number of hydroxylamine groups is 1. The Bertz CT molecular complexity index is 338. The Balaban J connectivity index is 2.92. The summed E-state index contributed by atoms with van der Waals surface area (Å²) in [6.07, 6.45) is 5.02. The van der Waals surface area contributed by atoms with Crippen molar-refractivity contribution in [1.82, 2.24) is 4.98 Å². The van der Waals surface area contributed by atoms with Crippen LogP contribution < -0.4 is 5.17 Å². The normalized spacial score (nSPS) is 13.6. The molecule has 0 spiro atoms. The third-order valence-corrected chi connectivity index (χ3v) is 1.85. The maximum atomic E-state index is 10.9. The fourth-order valence-corrected chi connectivity index (χ4v) is 1.21. The number of quaternary nitrogens is 1. The first-order valence-corrected chi connectivity index (χ1v) is 4.75. The van der Waals surface area contributed by atoms with Crippen LogP contribution in [0.25, 0.3) is 0 Å². The second-order valence-electron chi connectivity index (χ2n) is 3.00. The Morgan fingerprint density at radius 2 is 2.27 bits per heavy atom. The molecule has 1 rings (SSSR count). The monoisotopic (exact) mass is 207 g/mol. The summed E-state index contributed by atoms with van der Waals surface area (Å²) in [5.41, 5.74) is 1.47.